The van der Waals surface area contributed by atoms with E-state index in [1.165, 1.54) is 11.9 Å². The molecule has 1 N–H and O–H groups in total. The van der Waals surface area contributed by atoms with Gasteiger partial charge < -0.3 is 4.90 Å². The average Bonchev–Trinajstić information content (AvgIpc) is 3.19. The van der Waals surface area contributed by atoms with Crippen molar-refractivity contribution < 1.29 is 4.79 Å². The van der Waals surface area contributed by atoms with Crippen LogP contribution in [0.4, 0.5) is 0 Å². The van der Waals surface area contributed by atoms with Crippen LogP contribution in [-0.4, -0.2) is 44.1 Å². The van der Waals surface area contributed by atoms with Crippen LogP contribution >= 0.6 is 0 Å². The van der Waals surface area contributed by atoms with Crippen molar-refractivity contribution in [2.45, 2.75) is 25.7 Å². The SMILES string of the molecule is Cc1ccc(-c2cn[nH]c2[C@H]2CCCN(C(=O)c3ccncn3)C2)cc1. The second-order valence-corrected chi connectivity index (χ2v) is 6.75. The largest absolute Gasteiger partial charge is 0.337 e. The Morgan fingerprint density at radius 3 is 2.85 bits per heavy atom. The van der Waals surface area contributed by atoms with Crippen LogP contribution in [-0.2, 0) is 0 Å². The van der Waals surface area contributed by atoms with E-state index in [9.17, 15) is 4.79 Å². The van der Waals surface area contributed by atoms with E-state index in [0.717, 1.165) is 36.2 Å². The van der Waals surface area contributed by atoms with Crippen LogP contribution in [0.5, 0.6) is 0 Å². The number of carbonyl (C=O) groups is 1. The lowest BCUT2D eigenvalue weighted by Crippen LogP contribution is -2.39. The van der Waals surface area contributed by atoms with Gasteiger partial charge in [-0.2, -0.15) is 5.10 Å². The smallest absolute Gasteiger partial charge is 0.272 e. The fourth-order valence-corrected chi connectivity index (χ4v) is 3.55. The van der Waals surface area contributed by atoms with Crippen LogP contribution in [0.2, 0.25) is 0 Å². The van der Waals surface area contributed by atoms with Gasteiger partial charge in [-0.1, -0.05) is 29.8 Å². The highest BCUT2D eigenvalue weighted by atomic mass is 16.2. The summed E-state index contributed by atoms with van der Waals surface area (Å²) in [5.74, 6) is 0.210. The molecule has 4 rings (SSSR count). The summed E-state index contributed by atoms with van der Waals surface area (Å²) >= 11 is 0. The molecule has 1 amide bonds. The fraction of sp³-hybridized carbons (Fsp3) is 0.300. The fourth-order valence-electron chi connectivity index (χ4n) is 3.55. The summed E-state index contributed by atoms with van der Waals surface area (Å²) in [6.07, 6.45) is 6.90. The zero-order valence-corrected chi connectivity index (χ0v) is 14.7. The van der Waals surface area contributed by atoms with E-state index >= 15 is 0 Å². The van der Waals surface area contributed by atoms with Crippen LogP contribution < -0.4 is 0 Å². The number of piperidine rings is 1. The maximum absolute atomic E-state index is 12.7. The van der Waals surface area contributed by atoms with Crippen molar-refractivity contribution in [3.63, 3.8) is 0 Å². The molecule has 1 saturated heterocycles. The Labute approximate surface area is 152 Å². The molecule has 3 aromatic rings. The topological polar surface area (TPSA) is 74.8 Å². The molecule has 3 heterocycles. The summed E-state index contributed by atoms with van der Waals surface area (Å²) in [7, 11) is 0. The molecule has 0 aliphatic carbocycles. The number of aromatic amines is 1. The van der Waals surface area contributed by atoms with Crippen molar-refractivity contribution in [2.75, 3.05) is 13.1 Å². The Bertz CT molecular complexity index is 888. The van der Waals surface area contributed by atoms with E-state index in [4.69, 9.17) is 0 Å². The van der Waals surface area contributed by atoms with Gasteiger partial charge in [0.1, 0.15) is 12.0 Å². The standard InChI is InChI=1S/C20H21N5O/c1-14-4-6-15(7-5-14)17-11-23-24-19(17)16-3-2-10-25(12-16)20(26)18-8-9-21-13-22-18/h4-9,11,13,16H,2-3,10,12H2,1H3,(H,23,24)/t16-/m0/s1. The van der Waals surface area contributed by atoms with Crippen LogP contribution in [0.1, 0.15) is 40.5 Å². The quantitative estimate of drug-likeness (QED) is 0.789. The van der Waals surface area contributed by atoms with Gasteiger partial charge in [-0.15, -0.1) is 0 Å². The lowest BCUT2D eigenvalue weighted by Gasteiger charge is -2.32. The Morgan fingerprint density at radius 2 is 2.08 bits per heavy atom. The second-order valence-electron chi connectivity index (χ2n) is 6.75. The van der Waals surface area contributed by atoms with E-state index in [2.05, 4.69) is 51.4 Å². The molecule has 1 aliphatic heterocycles. The van der Waals surface area contributed by atoms with Crippen LogP contribution in [0.15, 0.2) is 49.1 Å². The number of hydrogen-bond donors (Lipinski definition) is 1. The highest BCUT2D eigenvalue weighted by molar-refractivity contribution is 5.92. The van der Waals surface area contributed by atoms with E-state index in [1.807, 2.05) is 11.1 Å². The average molecular weight is 347 g/mol. The predicted octanol–water partition coefficient (Wildman–Crippen LogP) is 3.19. The molecule has 6 nitrogen and oxygen atoms in total. The molecule has 132 valence electrons. The first kappa shape index (κ1) is 16.4. The molecule has 2 aromatic heterocycles. The summed E-state index contributed by atoms with van der Waals surface area (Å²) in [6.45, 7) is 3.51. The molecule has 0 spiro atoms. The van der Waals surface area contributed by atoms with Crippen molar-refractivity contribution in [1.29, 1.82) is 0 Å². The van der Waals surface area contributed by atoms with Gasteiger partial charge in [0.2, 0.25) is 0 Å². The number of nitrogens with one attached hydrogen (secondary N) is 1. The maximum Gasteiger partial charge on any atom is 0.272 e. The minimum Gasteiger partial charge on any atom is -0.337 e. The Kier molecular flexibility index (Phi) is 4.48. The van der Waals surface area contributed by atoms with Gasteiger partial charge in [0.25, 0.3) is 5.91 Å². The van der Waals surface area contributed by atoms with E-state index < -0.39 is 0 Å². The minimum absolute atomic E-state index is 0.0338. The number of hydrogen-bond acceptors (Lipinski definition) is 4. The summed E-state index contributed by atoms with van der Waals surface area (Å²) < 4.78 is 0. The molecule has 1 aromatic carbocycles. The van der Waals surface area contributed by atoms with E-state index in [0.29, 0.717) is 12.2 Å². The monoisotopic (exact) mass is 347 g/mol. The highest BCUT2D eigenvalue weighted by Crippen LogP contribution is 2.33. The lowest BCUT2D eigenvalue weighted by molar-refractivity contribution is 0.0700. The third kappa shape index (κ3) is 3.22. The number of aromatic nitrogens is 4. The Balaban J connectivity index is 1.57. The zero-order chi connectivity index (χ0) is 17.9. The first-order chi connectivity index (χ1) is 12.7. The summed E-state index contributed by atoms with van der Waals surface area (Å²) in [5, 5.41) is 7.45. The summed E-state index contributed by atoms with van der Waals surface area (Å²) in [6, 6.07) is 10.1. The van der Waals surface area contributed by atoms with Gasteiger partial charge in [0.05, 0.1) is 6.20 Å². The Hall–Kier alpha value is -3.02. The number of H-pyrrole nitrogens is 1. The molecule has 0 bridgehead atoms. The molecule has 0 unspecified atom stereocenters. The lowest BCUT2D eigenvalue weighted by atomic mass is 9.90. The van der Waals surface area contributed by atoms with Gasteiger partial charge >= 0.3 is 0 Å². The number of nitrogens with zero attached hydrogens (tertiary/aromatic N) is 4. The first-order valence-electron chi connectivity index (χ1n) is 8.88. The Morgan fingerprint density at radius 1 is 1.23 bits per heavy atom. The molecule has 6 heteroatoms. The summed E-state index contributed by atoms with van der Waals surface area (Å²) in [5.41, 5.74) is 5.06. The zero-order valence-electron chi connectivity index (χ0n) is 14.7. The molecular weight excluding hydrogens is 326 g/mol. The van der Waals surface area contributed by atoms with Crippen LogP contribution in [0.25, 0.3) is 11.1 Å². The summed E-state index contributed by atoms with van der Waals surface area (Å²) in [4.78, 5) is 22.6. The van der Waals surface area contributed by atoms with Gasteiger partial charge in [0.15, 0.2) is 0 Å². The maximum atomic E-state index is 12.7. The highest BCUT2D eigenvalue weighted by Gasteiger charge is 2.28. The second kappa shape index (κ2) is 7.07. The van der Waals surface area contributed by atoms with Crippen molar-refractivity contribution >= 4 is 5.91 Å². The molecular formula is C20H21N5O. The van der Waals surface area contributed by atoms with E-state index in [1.54, 1.807) is 12.3 Å². The normalized spacial score (nSPS) is 17.3. The molecule has 1 atom stereocenters. The molecule has 0 saturated carbocycles. The number of carbonyl (C=O) groups excluding carboxylic acids is 1. The van der Waals surface area contributed by atoms with Crippen molar-refractivity contribution in [1.82, 2.24) is 25.1 Å². The molecule has 26 heavy (non-hydrogen) atoms. The van der Waals surface area contributed by atoms with Gasteiger partial charge in [0, 0.05) is 36.5 Å². The first-order valence-corrected chi connectivity index (χ1v) is 8.88. The van der Waals surface area contributed by atoms with Gasteiger partial charge in [-0.25, -0.2) is 9.97 Å². The van der Waals surface area contributed by atoms with Crippen molar-refractivity contribution in [3.8, 4) is 11.1 Å². The molecule has 0 radical (unpaired) electrons. The molecule has 1 fully saturated rings. The van der Waals surface area contributed by atoms with Gasteiger partial charge in [-0.3, -0.25) is 9.89 Å². The van der Waals surface area contributed by atoms with Crippen LogP contribution in [0, 0.1) is 6.92 Å². The number of benzene rings is 1. The van der Waals surface area contributed by atoms with E-state index in [-0.39, 0.29) is 11.8 Å². The third-order valence-corrected chi connectivity index (χ3v) is 4.95. The number of likely N-dealkylation sites (tertiary alicyclic amines) is 1. The molecule has 1 aliphatic rings. The van der Waals surface area contributed by atoms with Crippen molar-refractivity contribution in [2.24, 2.45) is 0 Å². The van der Waals surface area contributed by atoms with Gasteiger partial charge in [-0.05, 0) is 31.4 Å². The van der Waals surface area contributed by atoms with Crippen molar-refractivity contribution in [3.05, 3.63) is 66.0 Å². The minimum atomic E-state index is -0.0338. The number of amides is 1. The number of rotatable bonds is 3. The van der Waals surface area contributed by atoms with Crippen LogP contribution in [0.3, 0.4) is 0 Å². The predicted molar refractivity (Wildman–Crippen MR) is 98.7 cm³/mol. The third-order valence-electron chi connectivity index (χ3n) is 4.95. The number of aryl methyl sites for hydroxylation is 1.